The molecule has 2 heteroatoms. The van der Waals surface area contributed by atoms with E-state index in [1.54, 1.807) is 6.92 Å². The SMILES string of the molecule is CC(=O)NC1CCC12CCC2. The summed E-state index contributed by atoms with van der Waals surface area (Å²) in [6, 6.07) is 0.522. The molecule has 0 radical (unpaired) electrons. The summed E-state index contributed by atoms with van der Waals surface area (Å²) in [5.74, 6) is 0.140. The van der Waals surface area contributed by atoms with Crippen molar-refractivity contribution in [3.05, 3.63) is 0 Å². The van der Waals surface area contributed by atoms with Crippen LogP contribution in [0.4, 0.5) is 0 Å². The van der Waals surface area contributed by atoms with Crippen LogP contribution in [0.15, 0.2) is 0 Å². The average molecular weight is 153 g/mol. The third kappa shape index (κ3) is 0.959. The topological polar surface area (TPSA) is 29.1 Å². The first kappa shape index (κ1) is 7.14. The molecule has 1 unspecified atom stereocenters. The van der Waals surface area contributed by atoms with Crippen molar-refractivity contribution in [3.8, 4) is 0 Å². The normalized spacial score (nSPS) is 32.3. The second kappa shape index (κ2) is 2.23. The fourth-order valence-electron chi connectivity index (χ4n) is 2.40. The van der Waals surface area contributed by atoms with Gasteiger partial charge in [0.2, 0.25) is 5.91 Å². The Bertz CT molecular complexity index is 178. The van der Waals surface area contributed by atoms with Crippen molar-refractivity contribution < 1.29 is 4.79 Å². The zero-order valence-electron chi connectivity index (χ0n) is 7.02. The molecule has 1 atom stereocenters. The van der Waals surface area contributed by atoms with Gasteiger partial charge in [-0.2, -0.15) is 0 Å². The molecule has 0 bridgehead atoms. The predicted molar refractivity (Wildman–Crippen MR) is 43.1 cm³/mol. The maximum atomic E-state index is 10.8. The lowest BCUT2D eigenvalue weighted by Crippen LogP contribution is -2.57. The Morgan fingerprint density at radius 2 is 2.18 bits per heavy atom. The summed E-state index contributed by atoms with van der Waals surface area (Å²) in [6.07, 6.45) is 6.61. The monoisotopic (exact) mass is 153 g/mol. The molecule has 62 valence electrons. The van der Waals surface area contributed by atoms with Gasteiger partial charge in [-0.25, -0.2) is 0 Å². The van der Waals surface area contributed by atoms with E-state index in [0.717, 1.165) is 0 Å². The molecular formula is C9H15NO. The quantitative estimate of drug-likeness (QED) is 0.607. The van der Waals surface area contributed by atoms with Gasteiger partial charge in [-0.1, -0.05) is 6.42 Å². The molecule has 0 heterocycles. The molecule has 1 spiro atoms. The zero-order valence-corrected chi connectivity index (χ0v) is 7.02. The number of nitrogens with one attached hydrogen (secondary N) is 1. The van der Waals surface area contributed by atoms with Crippen molar-refractivity contribution in [2.45, 2.75) is 45.1 Å². The Kier molecular flexibility index (Phi) is 1.44. The highest BCUT2D eigenvalue weighted by Gasteiger charge is 2.50. The third-order valence-corrected chi connectivity index (χ3v) is 3.40. The van der Waals surface area contributed by atoms with Crippen LogP contribution in [0.1, 0.15) is 39.0 Å². The van der Waals surface area contributed by atoms with Crippen LogP contribution >= 0.6 is 0 Å². The summed E-state index contributed by atoms with van der Waals surface area (Å²) in [4.78, 5) is 10.8. The molecule has 1 N–H and O–H groups in total. The number of rotatable bonds is 1. The average Bonchev–Trinajstić information content (AvgIpc) is 1.76. The molecule has 2 nitrogen and oxygen atoms in total. The van der Waals surface area contributed by atoms with Gasteiger partial charge >= 0.3 is 0 Å². The van der Waals surface area contributed by atoms with Gasteiger partial charge in [0.25, 0.3) is 0 Å². The molecule has 2 fully saturated rings. The van der Waals surface area contributed by atoms with Crippen LogP contribution in [0.25, 0.3) is 0 Å². The summed E-state index contributed by atoms with van der Waals surface area (Å²) >= 11 is 0. The van der Waals surface area contributed by atoms with E-state index in [4.69, 9.17) is 0 Å². The van der Waals surface area contributed by atoms with Crippen LogP contribution in [0.3, 0.4) is 0 Å². The van der Waals surface area contributed by atoms with E-state index >= 15 is 0 Å². The second-order valence-corrected chi connectivity index (χ2v) is 4.01. The minimum absolute atomic E-state index is 0.140. The van der Waals surface area contributed by atoms with E-state index in [1.807, 2.05) is 0 Å². The third-order valence-electron chi connectivity index (χ3n) is 3.40. The van der Waals surface area contributed by atoms with Crippen molar-refractivity contribution in [2.75, 3.05) is 0 Å². The summed E-state index contributed by atoms with van der Waals surface area (Å²) in [5.41, 5.74) is 0.561. The lowest BCUT2D eigenvalue weighted by molar-refractivity contribution is -0.124. The van der Waals surface area contributed by atoms with Gasteiger partial charge in [0.05, 0.1) is 0 Å². The lowest BCUT2D eigenvalue weighted by Gasteiger charge is -2.56. The number of amides is 1. The minimum Gasteiger partial charge on any atom is -0.353 e. The molecule has 0 aromatic rings. The van der Waals surface area contributed by atoms with Crippen molar-refractivity contribution >= 4 is 5.91 Å². The first-order valence-electron chi connectivity index (χ1n) is 4.50. The molecule has 2 aliphatic carbocycles. The summed E-state index contributed by atoms with van der Waals surface area (Å²) in [6.45, 7) is 1.62. The van der Waals surface area contributed by atoms with Gasteiger partial charge < -0.3 is 5.32 Å². The molecule has 0 aromatic heterocycles. The molecule has 1 amide bonds. The molecule has 0 saturated heterocycles. The predicted octanol–water partition coefficient (Wildman–Crippen LogP) is 1.46. The first-order chi connectivity index (χ1) is 5.23. The van der Waals surface area contributed by atoms with Crippen molar-refractivity contribution in [2.24, 2.45) is 5.41 Å². The van der Waals surface area contributed by atoms with Crippen LogP contribution in [0.5, 0.6) is 0 Å². The highest BCUT2D eigenvalue weighted by Crippen LogP contribution is 2.55. The van der Waals surface area contributed by atoms with Crippen LogP contribution in [-0.2, 0) is 4.79 Å². The largest absolute Gasteiger partial charge is 0.353 e. The molecule has 2 saturated carbocycles. The Labute approximate surface area is 67.4 Å². The number of carbonyl (C=O) groups is 1. The van der Waals surface area contributed by atoms with E-state index in [1.165, 1.54) is 32.1 Å². The Morgan fingerprint density at radius 3 is 2.45 bits per heavy atom. The summed E-state index contributed by atoms with van der Waals surface area (Å²) in [7, 11) is 0. The van der Waals surface area contributed by atoms with Crippen molar-refractivity contribution in [1.82, 2.24) is 5.32 Å². The summed E-state index contributed by atoms with van der Waals surface area (Å²) in [5, 5.41) is 3.03. The minimum atomic E-state index is 0.140. The number of carbonyl (C=O) groups excluding carboxylic acids is 1. The van der Waals surface area contributed by atoms with Gasteiger partial charge in [0.1, 0.15) is 0 Å². The lowest BCUT2D eigenvalue weighted by atomic mass is 9.53. The smallest absolute Gasteiger partial charge is 0.217 e. The molecular weight excluding hydrogens is 138 g/mol. The highest BCUT2D eigenvalue weighted by atomic mass is 16.1. The van der Waals surface area contributed by atoms with Gasteiger partial charge in [-0.15, -0.1) is 0 Å². The van der Waals surface area contributed by atoms with E-state index in [-0.39, 0.29) is 5.91 Å². The van der Waals surface area contributed by atoms with Gasteiger partial charge in [-0.3, -0.25) is 4.79 Å². The van der Waals surface area contributed by atoms with Gasteiger partial charge in [-0.05, 0) is 31.1 Å². The number of hydrogen-bond acceptors (Lipinski definition) is 1. The van der Waals surface area contributed by atoms with Crippen LogP contribution < -0.4 is 5.32 Å². The fraction of sp³-hybridized carbons (Fsp3) is 0.889. The Morgan fingerprint density at radius 1 is 1.45 bits per heavy atom. The van der Waals surface area contributed by atoms with E-state index in [2.05, 4.69) is 5.32 Å². The van der Waals surface area contributed by atoms with Crippen LogP contribution in [-0.4, -0.2) is 11.9 Å². The van der Waals surface area contributed by atoms with E-state index in [9.17, 15) is 4.79 Å². The molecule has 0 aromatic carbocycles. The van der Waals surface area contributed by atoms with Crippen molar-refractivity contribution in [1.29, 1.82) is 0 Å². The van der Waals surface area contributed by atoms with Crippen LogP contribution in [0.2, 0.25) is 0 Å². The fourth-order valence-corrected chi connectivity index (χ4v) is 2.40. The van der Waals surface area contributed by atoms with E-state index < -0.39 is 0 Å². The maximum absolute atomic E-state index is 10.8. The standard InChI is InChI=1S/C9H15NO/c1-7(11)10-8-3-6-9(8)4-2-5-9/h8H,2-6H2,1H3,(H,10,11). The van der Waals surface area contributed by atoms with Crippen LogP contribution in [0, 0.1) is 5.41 Å². The zero-order chi connectivity index (χ0) is 7.90. The maximum Gasteiger partial charge on any atom is 0.217 e. The Hall–Kier alpha value is -0.530. The molecule has 11 heavy (non-hydrogen) atoms. The number of hydrogen-bond donors (Lipinski definition) is 1. The van der Waals surface area contributed by atoms with Gasteiger partial charge in [0.15, 0.2) is 0 Å². The van der Waals surface area contributed by atoms with Gasteiger partial charge in [0, 0.05) is 13.0 Å². The molecule has 2 aliphatic rings. The molecule has 0 aliphatic heterocycles. The molecule has 2 rings (SSSR count). The van der Waals surface area contributed by atoms with E-state index in [0.29, 0.717) is 11.5 Å². The highest BCUT2D eigenvalue weighted by molar-refractivity contribution is 5.73. The summed E-state index contributed by atoms with van der Waals surface area (Å²) < 4.78 is 0. The second-order valence-electron chi connectivity index (χ2n) is 4.01. The first-order valence-corrected chi connectivity index (χ1v) is 4.50. The van der Waals surface area contributed by atoms with Crippen molar-refractivity contribution in [3.63, 3.8) is 0 Å². The Balaban J connectivity index is 1.90.